The van der Waals surface area contributed by atoms with E-state index >= 15 is 0 Å². The quantitative estimate of drug-likeness (QED) is 0.303. The van der Waals surface area contributed by atoms with E-state index in [0.29, 0.717) is 5.41 Å². The molecule has 0 spiro atoms. The SMILES string of the molecule is CC(C)(C)c1c[c-]c2c(c1)-c1cc(C(C)(C)C)ccc1C2.CCc1cc(C(C)(C)C)c(CC)[cH-]1.[Cl-].[Cl-].[Zr+4]. The van der Waals surface area contributed by atoms with Crippen LogP contribution in [0.2, 0.25) is 0 Å². The van der Waals surface area contributed by atoms with Crippen LogP contribution < -0.4 is 24.8 Å². The van der Waals surface area contributed by atoms with Crippen molar-refractivity contribution in [2.45, 2.75) is 112 Å². The fourth-order valence-corrected chi connectivity index (χ4v) is 4.80. The van der Waals surface area contributed by atoms with Crippen molar-refractivity contribution < 1.29 is 51.0 Å². The Hall–Kier alpha value is -0.747. The second-order valence-electron chi connectivity index (χ2n) is 13.1. The Morgan fingerprint density at radius 3 is 1.76 bits per heavy atom. The van der Waals surface area contributed by atoms with Gasteiger partial charge in [0.1, 0.15) is 0 Å². The summed E-state index contributed by atoms with van der Waals surface area (Å²) in [5.41, 5.74) is 13.6. The monoisotopic (exact) mass is 614 g/mol. The molecule has 0 nitrogen and oxygen atoms in total. The summed E-state index contributed by atoms with van der Waals surface area (Å²) in [6, 6.07) is 19.8. The molecule has 0 saturated carbocycles. The van der Waals surface area contributed by atoms with Crippen LogP contribution in [0.3, 0.4) is 0 Å². The topological polar surface area (TPSA) is 0 Å². The first-order valence-corrected chi connectivity index (χ1v) is 13.1. The predicted octanol–water partition coefficient (Wildman–Crippen LogP) is 3.49. The predicted molar refractivity (Wildman–Crippen MR) is 150 cm³/mol. The van der Waals surface area contributed by atoms with Gasteiger partial charge in [-0.05, 0) is 17.4 Å². The van der Waals surface area contributed by atoms with Gasteiger partial charge in [0.2, 0.25) is 0 Å². The van der Waals surface area contributed by atoms with Crippen LogP contribution in [-0.2, 0) is 61.7 Å². The Bertz CT molecular complexity index is 1090. The van der Waals surface area contributed by atoms with E-state index in [2.05, 4.69) is 125 Å². The largest absolute Gasteiger partial charge is 4.00 e. The summed E-state index contributed by atoms with van der Waals surface area (Å²) in [5.74, 6) is 0. The Kier molecular flexibility index (Phi) is 13.3. The van der Waals surface area contributed by atoms with Gasteiger partial charge in [-0.1, -0.05) is 129 Å². The molecule has 1 aliphatic carbocycles. The molecule has 0 fully saturated rings. The Labute approximate surface area is 259 Å². The van der Waals surface area contributed by atoms with Crippen LogP contribution >= 0.6 is 0 Å². The van der Waals surface area contributed by atoms with E-state index in [1.807, 2.05) is 0 Å². The average molecular weight is 617 g/mol. The smallest absolute Gasteiger partial charge is 1.00 e. The first-order chi connectivity index (χ1) is 15.6. The minimum atomic E-state index is 0. The van der Waals surface area contributed by atoms with Crippen LogP contribution in [0.1, 0.15) is 115 Å². The summed E-state index contributed by atoms with van der Waals surface area (Å²) >= 11 is 0. The Morgan fingerprint density at radius 1 is 0.730 bits per heavy atom. The molecule has 200 valence electrons. The van der Waals surface area contributed by atoms with Crippen molar-refractivity contribution in [3.63, 3.8) is 0 Å². The van der Waals surface area contributed by atoms with E-state index in [1.54, 1.807) is 0 Å². The number of fused-ring (bicyclic) bond motifs is 3. The molecule has 0 aromatic heterocycles. The van der Waals surface area contributed by atoms with Gasteiger partial charge in [0.25, 0.3) is 0 Å². The fourth-order valence-electron chi connectivity index (χ4n) is 4.80. The zero-order valence-corrected chi connectivity index (χ0v) is 28.9. The van der Waals surface area contributed by atoms with Gasteiger partial charge in [0.15, 0.2) is 0 Å². The van der Waals surface area contributed by atoms with Gasteiger partial charge >= 0.3 is 26.2 Å². The number of hydrogen-bond acceptors (Lipinski definition) is 0. The molecular weight excluding hydrogens is 571 g/mol. The summed E-state index contributed by atoms with van der Waals surface area (Å²) in [7, 11) is 0. The summed E-state index contributed by atoms with van der Waals surface area (Å²) in [5, 5.41) is 0. The van der Waals surface area contributed by atoms with E-state index in [1.165, 1.54) is 50.1 Å². The van der Waals surface area contributed by atoms with E-state index in [0.717, 1.165) is 19.3 Å². The summed E-state index contributed by atoms with van der Waals surface area (Å²) in [6.07, 6.45) is 3.34. The van der Waals surface area contributed by atoms with Crippen LogP contribution in [0, 0.1) is 6.07 Å². The molecule has 0 saturated heterocycles. The molecule has 3 heteroatoms. The van der Waals surface area contributed by atoms with E-state index in [4.69, 9.17) is 0 Å². The van der Waals surface area contributed by atoms with Crippen LogP contribution in [0.5, 0.6) is 0 Å². The van der Waals surface area contributed by atoms with Crippen molar-refractivity contribution in [1.82, 2.24) is 0 Å². The number of rotatable bonds is 2. The molecule has 0 unspecified atom stereocenters. The third-order valence-electron chi connectivity index (χ3n) is 7.16. The van der Waals surface area contributed by atoms with Gasteiger partial charge in [-0.2, -0.15) is 52.1 Å². The van der Waals surface area contributed by atoms with Gasteiger partial charge in [-0.3, -0.25) is 0 Å². The third-order valence-corrected chi connectivity index (χ3v) is 7.16. The molecule has 0 aliphatic heterocycles. The molecule has 1 aliphatic rings. The van der Waals surface area contributed by atoms with Crippen molar-refractivity contribution in [3.05, 3.63) is 87.5 Å². The summed E-state index contributed by atoms with van der Waals surface area (Å²) in [6.45, 7) is 25.0. The van der Waals surface area contributed by atoms with Crippen molar-refractivity contribution in [2.75, 3.05) is 0 Å². The molecule has 4 rings (SSSR count). The molecule has 0 atom stereocenters. The van der Waals surface area contributed by atoms with Crippen LogP contribution in [0.25, 0.3) is 11.1 Å². The normalized spacial score (nSPS) is 12.2. The van der Waals surface area contributed by atoms with Gasteiger partial charge in [0, 0.05) is 0 Å². The van der Waals surface area contributed by atoms with Crippen LogP contribution in [0.15, 0.2) is 42.5 Å². The van der Waals surface area contributed by atoms with E-state index < -0.39 is 0 Å². The van der Waals surface area contributed by atoms with E-state index in [-0.39, 0.29) is 61.8 Å². The molecule has 3 aromatic carbocycles. The second kappa shape index (κ2) is 13.5. The molecule has 0 heterocycles. The van der Waals surface area contributed by atoms with Gasteiger partial charge in [-0.25, -0.2) is 6.07 Å². The van der Waals surface area contributed by atoms with Crippen molar-refractivity contribution in [3.8, 4) is 11.1 Å². The molecule has 0 bridgehead atoms. The second-order valence-corrected chi connectivity index (χ2v) is 13.1. The standard InChI is InChI=1S/C21H25.C13H21.2ClH.Zr/c1-20(2,3)16-9-7-14-11-15-8-10-17(21(4,5)6)13-19(15)18(14)12-16;1-6-10-8-11(7-2)12(9-10)13(3,4)5;;;/h7,9-10,12-13H,11H2,1-6H3;8-9H,6-7H2,1-5H3;2*1H;/q2*-1;;;+4/p-2. The van der Waals surface area contributed by atoms with Gasteiger partial charge in [0.05, 0.1) is 0 Å². The minimum absolute atomic E-state index is 0. The van der Waals surface area contributed by atoms with Crippen LogP contribution in [0.4, 0.5) is 0 Å². The Morgan fingerprint density at radius 2 is 1.30 bits per heavy atom. The first kappa shape index (κ1) is 36.3. The maximum Gasteiger partial charge on any atom is 4.00 e. The van der Waals surface area contributed by atoms with Crippen molar-refractivity contribution in [1.29, 1.82) is 0 Å². The zero-order chi connectivity index (χ0) is 25.5. The number of hydrogen-bond donors (Lipinski definition) is 0. The average Bonchev–Trinajstić information content (AvgIpc) is 3.33. The summed E-state index contributed by atoms with van der Waals surface area (Å²) < 4.78 is 0. The first-order valence-electron chi connectivity index (χ1n) is 13.1. The van der Waals surface area contributed by atoms with Gasteiger partial charge in [-0.15, -0.1) is 5.56 Å². The number of aryl methyl sites for hydroxylation is 2. The maximum atomic E-state index is 3.53. The van der Waals surface area contributed by atoms with E-state index in [9.17, 15) is 0 Å². The number of halogens is 2. The fraction of sp³-hybridized carbons (Fsp3) is 0.500. The number of benzene rings is 2. The maximum absolute atomic E-state index is 3.53. The van der Waals surface area contributed by atoms with Crippen molar-refractivity contribution in [2.24, 2.45) is 0 Å². The molecule has 3 aromatic rings. The summed E-state index contributed by atoms with van der Waals surface area (Å²) in [4.78, 5) is 0. The molecule has 0 amide bonds. The van der Waals surface area contributed by atoms with Crippen molar-refractivity contribution >= 4 is 0 Å². The third kappa shape index (κ3) is 8.62. The molecular formula is C34H46Cl2Zr. The molecule has 37 heavy (non-hydrogen) atoms. The Balaban J connectivity index is 0.000000712. The van der Waals surface area contributed by atoms with Crippen LogP contribution in [-0.4, -0.2) is 0 Å². The minimum Gasteiger partial charge on any atom is -1.00 e. The zero-order valence-electron chi connectivity index (χ0n) is 24.9. The molecule has 0 N–H and O–H groups in total. The molecule has 0 radical (unpaired) electrons. The van der Waals surface area contributed by atoms with Gasteiger partial charge < -0.3 is 24.8 Å².